The molecule has 0 unspecified atom stereocenters. The molecule has 0 radical (unpaired) electrons. The number of amides is 1. The number of nitrogens with one attached hydrogen (secondary N) is 1. The zero-order chi connectivity index (χ0) is 13.4. The van der Waals surface area contributed by atoms with Crippen LogP contribution >= 0.6 is 0 Å². The van der Waals surface area contributed by atoms with E-state index >= 15 is 0 Å². The van der Waals surface area contributed by atoms with E-state index in [1.807, 2.05) is 0 Å². The van der Waals surface area contributed by atoms with Crippen molar-refractivity contribution in [1.82, 2.24) is 5.32 Å². The van der Waals surface area contributed by atoms with E-state index in [9.17, 15) is 9.59 Å². The van der Waals surface area contributed by atoms with Gasteiger partial charge >= 0.3 is 12.1 Å². The number of nitrogens with zero attached hydrogens (tertiary/aromatic N) is 1. The van der Waals surface area contributed by atoms with Crippen molar-refractivity contribution in [3.05, 3.63) is 11.6 Å². The lowest BCUT2D eigenvalue weighted by atomic mass is 9.99. The second-order valence-electron chi connectivity index (χ2n) is 4.17. The summed E-state index contributed by atoms with van der Waals surface area (Å²) in [6.45, 7) is 1.57. The molecule has 0 spiro atoms. The second kappa shape index (κ2) is 7.47. The first-order chi connectivity index (χ1) is 8.59. The highest BCUT2D eigenvalue weighted by molar-refractivity contribution is 5.86. The molecule has 1 saturated carbocycles. The van der Waals surface area contributed by atoms with Gasteiger partial charge in [-0.1, -0.05) is 17.7 Å². The molecule has 18 heavy (non-hydrogen) atoms. The van der Waals surface area contributed by atoms with Crippen LogP contribution < -0.4 is 5.32 Å². The molecule has 100 valence electrons. The van der Waals surface area contributed by atoms with Crippen LogP contribution in [0.5, 0.6) is 0 Å². The maximum atomic E-state index is 11.2. The quantitative estimate of drug-likeness (QED) is 0.456. The Balaban J connectivity index is 2.25. The first-order valence-corrected chi connectivity index (χ1v) is 6.00. The minimum Gasteiger partial charge on any atom is -0.478 e. The third-order valence-corrected chi connectivity index (χ3v) is 2.68. The Morgan fingerprint density at radius 1 is 1.39 bits per heavy atom. The Morgan fingerprint density at radius 2 is 2.06 bits per heavy atom. The number of rotatable bonds is 4. The first-order valence-electron chi connectivity index (χ1n) is 6.00. The SMILES string of the molecule is C/C(=C\CNC(=O)ON=C1CCCCC1)C(=O)O. The van der Waals surface area contributed by atoms with Crippen LogP contribution in [0.1, 0.15) is 39.0 Å². The van der Waals surface area contributed by atoms with Crippen molar-refractivity contribution >= 4 is 17.8 Å². The van der Waals surface area contributed by atoms with Gasteiger partial charge in [0, 0.05) is 12.1 Å². The van der Waals surface area contributed by atoms with Gasteiger partial charge in [0.1, 0.15) is 0 Å². The molecule has 1 aliphatic carbocycles. The number of oxime groups is 1. The van der Waals surface area contributed by atoms with E-state index in [4.69, 9.17) is 5.11 Å². The normalized spacial score (nSPS) is 16.1. The summed E-state index contributed by atoms with van der Waals surface area (Å²) in [5.41, 5.74) is 1.09. The van der Waals surface area contributed by atoms with Crippen molar-refractivity contribution < 1.29 is 19.5 Å². The molecule has 0 heterocycles. The molecule has 1 amide bonds. The van der Waals surface area contributed by atoms with E-state index in [0.717, 1.165) is 31.4 Å². The number of hydrogen-bond donors (Lipinski definition) is 2. The van der Waals surface area contributed by atoms with E-state index in [2.05, 4.69) is 15.3 Å². The fraction of sp³-hybridized carbons (Fsp3) is 0.583. The Hall–Kier alpha value is -1.85. The molecule has 0 aromatic heterocycles. The van der Waals surface area contributed by atoms with Crippen molar-refractivity contribution in [3.8, 4) is 0 Å². The summed E-state index contributed by atoms with van der Waals surface area (Å²) >= 11 is 0. The molecule has 2 N–H and O–H groups in total. The molecule has 0 bridgehead atoms. The van der Waals surface area contributed by atoms with Gasteiger partial charge in [-0.2, -0.15) is 0 Å². The molecule has 0 aromatic rings. The van der Waals surface area contributed by atoms with Crippen LogP contribution in [0, 0.1) is 0 Å². The van der Waals surface area contributed by atoms with Crippen LogP contribution in [0.25, 0.3) is 0 Å². The molecule has 1 fully saturated rings. The van der Waals surface area contributed by atoms with Crippen LogP contribution in [-0.2, 0) is 9.63 Å². The third-order valence-electron chi connectivity index (χ3n) is 2.68. The fourth-order valence-electron chi connectivity index (χ4n) is 1.56. The summed E-state index contributed by atoms with van der Waals surface area (Å²) in [4.78, 5) is 26.4. The lowest BCUT2D eigenvalue weighted by molar-refractivity contribution is -0.132. The van der Waals surface area contributed by atoms with E-state index in [0.29, 0.717) is 0 Å². The Labute approximate surface area is 106 Å². The molecule has 6 nitrogen and oxygen atoms in total. The van der Waals surface area contributed by atoms with Crippen LogP contribution in [0.2, 0.25) is 0 Å². The maximum Gasteiger partial charge on any atom is 0.433 e. The number of carbonyl (C=O) groups is 2. The molecule has 0 aromatic carbocycles. The highest BCUT2D eigenvalue weighted by Crippen LogP contribution is 2.14. The zero-order valence-corrected chi connectivity index (χ0v) is 10.4. The molecule has 0 atom stereocenters. The van der Waals surface area contributed by atoms with Crippen molar-refractivity contribution in [2.24, 2.45) is 5.16 Å². The molecule has 0 aliphatic heterocycles. The van der Waals surface area contributed by atoms with Crippen LogP contribution in [0.3, 0.4) is 0 Å². The molecular weight excluding hydrogens is 236 g/mol. The van der Waals surface area contributed by atoms with Gasteiger partial charge in [0.15, 0.2) is 0 Å². The van der Waals surface area contributed by atoms with Gasteiger partial charge in [-0.3, -0.25) is 4.84 Å². The smallest absolute Gasteiger partial charge is 0.433 e. The summed E-state index contributed by atoms with van der Waals surface area (Å²) in [6, 6.07) is 0. The van der Waals surface area contributed by atoms with Gasteiger partial charge in [-0.05, 0) is 32.6 Å². The predicted molar refractivity (Wildman–Crippen MR) is 66.4 cm³/mol. The van der Waals surface area contributed by atoms with Gasteiger partial charge in [-0.15, -0.1) is 0 Å². The largest absolute Gasteiger partial charge is 0.478 e. The summed E-state index contributed by atoms with van der Waals surface area (Å²) in [7, 11) is 0. The topological polar surface area (TPSA) is 88.0 Å². The molecule has 1 aliphatic rings. The van der Waals surface area contributed by atoms with Gasteiger partial charge in [0.2, 0.25) is 0 Å². The van der Waals surface area contributed by atoms with E-state index in [-0.39, 0.29) is 12.1 Å². The summed E-state index contributed by atoms with van der Waals surface area (Å²) in [5.74, 6) is -1.01. The van der Waals surface area contributed by atoms with Gasteiger partial charge in [-0.25, -0.2) is 9.59 Å². The molecule has 6 heteroatoms. The van der Waals surface area contributed by atoms with Crippen molar-refractivity contribution in [1.29, 1.82) is 0 Å². The fourth-order valence-corrected chi connectivity index (χ4v) is 1.56. The number of carboxylic acid groups (broad SMARTS) is 1. The van der Waals surface area contributed by atoms with Crippen LogP contribution in [0.4, 0.5) is 4.79 Å². The van der Waals surface area contributed by atoms with Crippen molar-refractivity contribution in [2.75, 3.05) is 6.54 Å². The monoisotopic (exact) mass is 254 g/mol. The summed E-state index contributed by atoms with van der Waals surface area (Å²) in [6.07, 6.45) is 5.87. The first kappa shape index (κ1) is 14.2. The van der Waals surface area contributed by atoms with E-state index < -0.39 is 12.1 Å². The number of aliphatic carboxylic acids is 1. The summed E-state index contributed by atoms with van der Waals surface area (Å²) < 4.78 is 0. The van der Waals surface area contributed by atoms with Crippen LogP contribution in [-0.4, -0.2) is 29.4 Å². The van der Waals surface area contributed by atoms with Crippen molar-refractivity contribution in [3.63, 3.8) is 0 Å². The van der Waals surface area contributed by atoms with E-state index in [1.165, 1.54) is 19.4 Å². The maximum absolute atomic E-state index is 11.2. The van der Waals surface area contributed by atoms with Gasteiger partial charge in [0.05, 0.1) is 5.71 Å². The molecule has 0 saturated heterocycles. The average Bonchev–Trinajstić information content (AvgIpc) is 2.37. The zero-order valence-electron chi connectivity index (χ0n) is 10.4. The van der Waals surface area contributed by atoms with Gasteiger partial charge in [0.25, 0.3) is 0 Å². The average molecular weight is 254 g/mol. The lowest BCUT2D eigenvalue weighted by Crippen LogP contribution is -2.23. The highest BCUT2D eigenvalue weighted by atomic mass is 16.7. The third kappa shape index (κ3) is 5.47. The minimum absolute atomic E-state index is 0.113. The second-order valence-corrected chi connectivity index (χ2v) is 4.17. The van der Waals surface area contributed by atoms with Crippen LogP contribution in [0.15, 0.2) is 16.8 Å². The Bertz CT molecular complexity index is 366. The number of carbonyl (C=O) groups excluding carboxylic acids is 1. The number of hydrogen-bond acceptors (Lipinski definition) is 4. The molecule has 1 rings (SSSR count). The molecular formula is C12H18N2O4. The standard InChI is InChI=1S/C12H18N2O4/c1-9(11(15)16)7-8-13-12(17)18-14-10-5-3-2-4-6-10/h7H,2-6,8H2,1H3,(H,13,17)(H,15,16)/b9-7+. The predicted octanol–water partition coefficient (Wildman–Crippen LogP) is 2.06. The summed E-state index contributed by atoms with van der Waals surface area (Å²) in [5, 5.41) is 14.8. The lowest BCUT2D eigenvalue weighted by Gasteiger charge is -2.10. The highest BCUT2D eigenvalue weighted by Gasteiger charge is 2.08. The van der Waals surface area contributed by atoms with Gasteiger partial charge < -0.3 is 10.4 Å². The van der Waals surface area contributed by atoms with E-state index in [1.54, 1.807) is 0 Å². The Morgan fingerprint density at radius 3 is 2.67 bits per heavy atom. The number of carboxylic acids is 1. The van der Waals surface area contributed by atoms with Crippen molar-refractivity contribution in [2.45, 2.75) is 39.0 Å². The Kier molecular flexibility index (Phi) is 5.90. The minimum atomic E-state index is -1.01.